The molecule has 3 rings (SSSR count). The number of aromatic nitrogens is 1. The van der Waals surface area contributed by atoms with Gasteiger partial charge in [0.2, 0.25) is 0 Å². The van der Waals surface area contributed by atoms with Crippen molar-refractivity contribution in [2.24, 2.45) is 28.3 Å². The Labute approximate surface area is 165 Å². The molecule has 3 aromatic rings. The summed E-state index contributed by atoms with van der Waals surface area (Å²) in [5, 5.41) is 0.767. The lowest BCUT2D eigenvalue weighted by molar-refractivity contribution is 0.100. The van der Waals surface area contributed by atoms with Crippen LogP contribution in [0.5, 0.6) is 0 Å². The van der Waals surface area contributed by atoms with Crippen molar-refractivity contribution >= 4 is 22.8 Å². The summed E-state index contributed by atoms with van der Waals surface area (Å²) < 4.78 is 0. The minimum absolute atomic E-state index is 0.241. The van der Waals surface area contributed by atoms with Gasteiger partial charge in [0.15, 0.2) is 5.96 Å². The second kappa shape index (κ2) is 8.21. The van der Waals surface area contributed by atoms with Crippen molar-refractivity contribution < 1.29 is 4.79 Å². The number of para-hydroxylation sites is 1. The zero-order valence-electron chi connectivity index (χ0n) is 16.5. The zero-order chi connectivity index (χ0) is 20.3. The highest BCUT2D eigenvalue weighted by atomic mass is 16.1. The van der Waals surface area contributed by atoms with Gasteiger partial charge in [-0.3, -0.25) is 4.79 Å². The lowest BCUT2D eigenvalue weighted by Crippen LogP contribution is -2.25. The molecule has 5 heteroatoms. The Hall–Kier alpha value is -3.21. The van der Waals surface area contributed by atoms with Gasteiger partial charge in [-0.05, 0) is 29.9 Å². The van der Waals surface area contributed by atoms with Crippen molar-refractivity contribution in [1.29, 1.82) is 0 Å². The molecule has 0 aliphatic rings. The molecule has 0 radical (unpaired) electrons. The van der Waals surface area contributed by atoms with E-state index in [1.807, 2.05) is 54.6 Å². The summed E-state index contributed by atoms with van der Waals surface area (Å²) in [6, 6.07) is 17.5. The molecular weight excluding hydrogens is 348 g/mol. The van der Waals surface area contributed by atoms with Gasteiger partial charge in [-0.15, -0.1) is 0 Å². The van der Waals surface area contributed by atoms with Gasteiger partial charge < -0.3 is 11.5 Å². The number of hydrogen-bond donors (Lipinski definition) is 2. The van der Waals surface area contributed by atoms with Crippen molar-refractivity contribution in [2.45, 2.75) is 27.2 Å². The number of nitrogens with two attached hydrogens (primary N) is 2. The lowest BCUT2D eigenvalue weighted by atomic mass is 9.85. The second-order valence-corrected chi connectivity index (χ2v) is 7.46. The summed E-state index contributed by atoms with van der Waals surface area (Å²) >= 11 is 0. The predicted molar refractivity (Wildman–Crippen MR) is 115 cm³/mol. The number of carbonyl (C=O) groups excluding carboxylic acids is 1. The molecule has 0 aliphatic heterocycles. The van der Waals surface area contributed by atoms with Gasteiger partial charge >= 0.3 is 0 Å². The third-order valence-electron chi connectivity index (χ3n) is 5.15. The van der Waals surface area contributed by atoms with Crippen molar-refractivity contribution in [3.05, 3.63) is 65.7 Å². The summed E-state index contributed by atoms with van der Waals surface area (Å²) in [5.74, 6) is 0.147. The molecule has 0 saturated heterocycles. The number of aliphatic imine (C=N–C) groups is 1. The Morgan fingerprint density at radius 3 is 2.29 bits per heavy atom. The molecule has 28 heavy (non-hydrogen) atoms. The summed E-state index contributed by atoms with van der Waals surface area (Å²) in [6.07, 6.45) is 0.709. The first-order chi connectivity index (χ1) is 13.4. The van der Waals surface area contributed by atoms with E-state index in [9.17, 15) is 4.79 Å². The van der Waals surface area contributed by atoms with E-state index in [4.69, 9.17) is 16.5 Å². The Morgan fingerprint density at radius 1 is 1.00 bits per heavy atom. The zero-order valence-corrected chi connectivity index (χ0v) is 16.5. The van der Waals surface area contributed by atoms with E-state index in [0.717, 1.165) is 27.7 Å². The van der Waals surface area contributed by atoms with E-state index < -0.39 is 5.91 Å². The average molecular weight is 374 g/mol. The summed E-state index contributed by atoms with van der Waals surface area (Å²) in [7, 11) is 0. The van der Waals surface area contributed by atoms with E-state index in [-0.39, 0.29) is 5.96 Å². The molecule has 4 N–H and O–H groups in total. The van der Waals surface area contributed by atoms with Gasteiger partial charge in [-0.25, -0.2) is 4.98 Å². The van der Waals surface area contributed by atoms with Crippen LogP contribution in [0.15, 0.2) is 59.6 Å². The number of pyridine rings is 1. The Bertz CT molecular complexity index is 1020. The van der Waals surface area contributed by atoms with Crippen molar-refractivity contribution in [3.8, 4) is 11.3 Å². The minimum Gasteiger partial charge on any atom is -0.370 e. The highest BCUT2D eigenvalue weighted by molar-refractivity contribution is 6.12. The fourth-order valence-corrected chi connectivity index (χ4v) is 3.26. The SMILES string of the molecule is CC(C)C(C)Cc1c(-c2ccccc2)nc2ccccc2c1C(=O)N=C(N)N. The maximum atomic E-state index is 13.0. The van der Waals surface area contributed by atoms with Crippen molar-refractivity contribution in [1.82, 2.24) is 4.98 Å². The molecule has 2 aromatic carbocycles. The van der Waals surface area contributed by atoms with E-state index in [0.29, 0.717) is 23.8 Å². The van der Waals surface area contributed by atoms with Crippen LogP contribution in [0.4, 0.5) is 0 Å². The largest absolute Gasteiger partial charge is 0.370 e. The molecule has 0 saturated carbocycles. The summed E-state index contributed by atoms with van der Waals surface area (Å²) in [4.78, 5) is 21.8. The van der Waals surface area contributed by atoms with Gasteiger partial charge in [-0.1, -0.05) is 69.3 Å². The van der Waals surface area contributed by atoms with Crippen LogP contribution in [0.1, 0.15) is 36.7 Å². The quantitative estimate of drug-likeness (QED) is 0.518. The molecule has 0 spiro atoms. The van der Waals surface area contributed by atoms with Gasteiger partial charge in [0, 0.05) is 10.9 Å². The fraction of sp³-hybridized carbons (Fsp3) is 0.261. The van der Waals surface area contributed by atoms with E-state index >= 15 is 0 Å². The molecule has 1 amide bonds. The average Bonchev–Trinajstić information content (AvgIpc) is 2.67. The van der Waals surface area contributed by atoms with Crippen molar-refractivity contribution in [2.75, 3.05) is 0 Å². The van der Waals surface area contributed by atoms with Gasteiger partial charge in [0.25, 0.3) is 5.91 Å². The van der Waals surface area contributed by atoms with Gasteiger partial charge in [0.05, 0.1) is 16.8 Å². The number of fused-ring (bicyclic) bond motifs is 1. The van der Waals surface area contributed by atoms with Crippen LogP contribution in [-0.4, -0.2) is 16.9 Å². The predicted octanol–water partition coefficient (Wildman–Crippen LogP) is 4.15. The molecule has 1 heterocycles. The highest BCUT2D eigenvalue weighted by Gasteiger charge is 2.23. The Balaban J connectivity index is 2.37. The third kappa shape index (κ3) is 4.03. The second-order valence-electron chi connectivity index (χ2n) is 7.46. The maximum Gasteiger partial charge on any atom is 0.281 e. The van der Waals surface area contributed by atoms with Crippen LogP contribution >= 0.6 is 0 Å². The molecule has 5 nitrogen and oxygen atoms in total. The molecule has 1 unspecified atom stereocenters. The number of nitrogens with zero attached hydrogens (tertiary/aromatic N) is 2. The fourth-order valence-electron chi connectivity index (χ4n) is 3.26. The molecule has 1 atom stereocenters. The van der Waals surface area contributed by atoms with Crippen LogP contribution in [0.25, 0.3) is 22.2 Å². The summed E-state index contributed by atoms with van der Waals surface area (Å²) in [5.41, 5.74) is 15.0. The smallest absolute Gasteiger partial charge is 0.281 e. The summed E-state index contributed by atoms with van der Waals surface area (Å²) in [6.45, 7) is 6.54. The van der Waals surface area contributed by atoms with Crippen molar-refractivity contribution in [3.63, 3.8) is 0 Å². The van der Waals surface area contributed by atoms with Crippen LogP contribution in [0, 0.1) is 11.8 Å². The Kier molecular flexibility index (Phi) is 5.73. The van der Waals surface area contributed by atoms with E-state index in [1.165, 1.54) is 0 Å². The number of benzene rings is 2. The van der Waals surface area contributed by atoms with Crippen LogP contribution in [0.3, 0.4) is 0 Å². The molecule has 0 aliphatic carbocycles. The van der Waals surface area contributed by atoms with E-state index in [1.54, 1.807) is 0 Å². The topological polar surface area (TPSA) is 94.4 Å². The lowest BCUT2D eigenvalue weighted by Gasteiger charge is -2.21. The number of carbonyl (C=O) groups is 1. The van der Waals surface area contributed by atoms with Crippen LogP contribution in [-0.2, 0) is 6.42 Å². The van der Waals surface area contributed by atoms with Crippen LogP contribution < -0.4 is 11.5 Å². The monoisotopic (exact) mass is 374 g/mol. The molecule has 0 bridgehead atoms. The first kappa shape index (κ1) is 19.5. The Morgan fingerprint density at radius 2 is 1.64 bits per heavy atom. The number of rotatable bonds is 5. The first-order valence-electron chi connectivity index (χ1n) is 9.49. The standard InChI is InChI=1S/C23H26N4O/c1-14(2)15(3)13-18-20(22(28)27-23(24)25)17-11-7-8-12-19(17)26-21(18)16-9-5-4-6-10-16/h4-12,14-15H,13H2,1-3H3,(H4,24,25,27,28). The van der Waals surface area contributed by atoms with Gasteiger partial charge in [-0.2, -0.15) is 4.99 Å². The first-order valence-corrected chi connectivity index (χ1v) is 9.49. The molecule has 1 aromatic heterocycles. The number of amides is 1. The molecular formula is C23H26N4O. The van der Waals surface area contributed by atoms with E-state index in [2.05, 4.69) is 25.8 Å². The maximum absolute atomic E-state index is 13.0. The number of hydrogen-bond acceptors (Lipinski definition) is 2. The minimum atomic E-state index is -0.429. The van der Waals surface area contributed by atoms with Crippen LogP contribution in [0.2, 0.25) is 0 Å². The molecule has 0 fully saturated rings. The third-order valence-corrected chi connectivity index (χ3v) is 5.15. The van der Waals surface area contributed by atoms with Gasteiger partial charge in [0.1, 0.15) is 0 Å². The molecule has 144 valence electrons. The highest BCUT2D eigenvalue weighted by Crippen LogP contribution is 2.33. The number of guanidine groups is 1. The normalized spacial score (nSPS) is 12.1.